The van der Waals surface area contributed by atoms with Crippen molar-refractivity contribution in [2.75, 3.05) is 12.4 Å². The minimum atomic E-state index is -4.34. The molecule has 28 heavy (non-hydrogen) atoms. The molecule has 2 aromatic carbocycles. The van der Waals surface area contributed by atoms with Crippen LogP contribution in [0.1, 0.15) is 18.1 Å². The molecule has 0 aliphatic heterocycles. The van der Waals surface area contributed by atoms with Gasteiger partial charge in [0, 0.05) is 10.6 Å². The molecule has 0 saturated carbocycles. The van der Waals surface area contributed by atoms with E-state index in [1.54, 1.807) is 11.8 Å². The molecule has 0 bridgehead atoms. The summed E-state index contributed by atoms with van der Waals surface area (Å²) in [5.74, 6) is 0.996. The minimum Gasteiger partial charge on any atom is -0.489 e. The number of hydrogen-bond donors (Lipinski definition) is 0. The summed E-state index contributed by atoms with van der Waals surface area (Å²) < 4.78 is 43.0. The van der Waals surface area contributed by atoms with Crippen molar-refractivity contribution < 1.29 is 27.5 Å². The maximum atomic E-state index is 12.5. The topological polar surface area (TPSA) is 43.4 Å². The van der Waals surface area contributed by atoms with Gasteiger partial charge in [0.15, 0.2) is 0 Å². The highest BCUT2D eigenvalue weighted by atomic mass is 35.5. The van der Waals surface area contributed by atoms with Crippen molar-refractivity contribution in [3.05, 3.63) is 70.8 Å². The van der Waals surface area contributed by atoms with Gasteiger partial charge in [0.2, 0.25) is 0 Å². The molecule has 0 N–H and O–H groups in total. The van der Waals surface area contributed by atoms with Gasteiger partial charge in [-0.1, -0.05) is 31.2 Å². The van der Waals surface area contributed by atoms with Gasteiger partial charge in [-0.15, -0.1) is 11.8 Å². The third-order valence-electron chi connectivity index (χ3n) is 3.46. The van der Waals surface area contributed by atoms with Gasteiger partial charge in [-0.05, 0) is 54.0 Å². The average molecular weight is 431 g/mol. The monoisotopic (exact) mass is 430 g/mol. The van der Waals surface area contributed by atoms with Crippen LogP contribution < -0.4 is 4.74 Å². The number of thioether (sulfide) groups is 1. The first kappa shape index (κ1) is 23.8. The lowest BCUT2D eigenvalue weighted by Gasteiger charge is -2.11. The van der Waals surface area contributed by atoms with Gasteiger partial charge in [0.05, 0.1) is 10.6 Å². The van der Waals surface area contributed by atoms with Crippen molar-refractivity contribution in [3.63, 3.8) is 0 Å². The van der Waals surface area contributed by atoms with Crippen molar-refractivity contribution in [1.82, 2.24) is 0 Å². The van der Waals surface area contributed by atoms with Crippen molar-refractivity contribution in [2.24, 2.45) is 0 Å². The molecule has 0 fully saturated rings. The maximum absolute atomic E-state index is 12.5. The van der Waals surface area contributed by atoms with Gasteiger partial charge >= 0.3 is 12.3 Å². The van der Waals surface area contributed by atoms with Crippen LogP contribution in [0.2, 0.25) is 5.02 Å². The molecular weight excluding hydrogens is 413 g/mol. The van der Waals surface area contributed by atoms with Crippen molar-refractivity contribution in [1.29, 1.82) is 0 Å². The van der Waals surface area contributed by atoms with E-state index in [-0.39, 0.29) is 12.8 Å². The van der Waals surface area contributed by atoms with Gasteiger partial charge < -0.3 is 4.74 Å². The van der Waals surface area contributed by atoms with Crippen LogP contribution in [0.15, 0.2) is 59.5 Å². The van der Waals surface area contributed by atoms with Gasteiger partial charge in [-0.2, -0.15) is 22.8 Å². The number of rotatable bonds is 7. The first-order chi connectivity index (χ1) is 13.2. The number of halogens is 4. The normalized spacial score (nSPS) is 10.5. The zero-order valence-electron chi connectivity index (χ0n) is 15.0. The molecule has 0 spiro atoms. The molecule has 8 heteroatoms. The molecule has 0 saturated heterocycles. The standard InChI is InChI=1S/C19H18ClF3OS.CO2/c1-3-14-4-9-18(17(20)10-14)25-12-13(2)11-24-16-7-5-15(6-8-16)19(21,22)23;2-1-3/h4-10H,2-3,11-12H2,1H3;. The first-order valence-corrected chi connectivity index (χ1v) is 9.44. The number of carbonyl (C=O) groups excluding carboxylic acids is 2. The Morgan fingerprint density at radius 3 is 2.29 bits per heavy atom. The highest BCUT2D eigenvalue weighted by molar-refractivity contribution is 7.99. The summed E-state index contributed by atoms with van der Waals surface area (Å²) >= 11 is 7.80. The Morgan fingerprint density at radius 1 is 1.18 bits per heavy atom. The van der Waals surface area contributed by atoms with E-state index < -0.39 is 11.7 Å². The molecule has 0 aliphatic carbocycles. The fourth-order valence-corrected chi connectivity index (χ4v) is 3.20. The van der Waals surface area contributed by atoms with E-state index in [1.165, 1.54) is 17.7 Å². The molecule has 0 radical (unpaired) electrons. The second-order valence-corrected chi connectivity index (χ2v) is 6.98. The Morgan fingerprint density at radius 2 is 1.79 bits per heavy atom. The summed E-state index contributed by atoms with van der Waals surface area (Å²) in [4.78, 5) is 17.2. The quantitative estimate of drug-likeness (QED) is 0.395. The average Bonchev–Trinajstić information content (AvgIpc) is 2.65. The Hall–Kier alpha value is -2.21. The summed E-state index contributed by atoms with van der Waals surface area (Å²) in [6, 6.07) is 10.6. The van der Waals surface area contributed by atoms with Crippen LogP contribution in [0.5, 0.6) is 5.75 Å². The van der Waals surface area contributed by atoms with E-state index in [9.17, 15) is 13.2 Å². The van der Waals surface area contributed by atoms with Crippen LogP contribution in [0, 0.1) is 0 Å². The lowest BCUT2D eigenvalue weighted by molar-refractivity contribution is -0.191. The number of benzene rings is 2. The molecule has 150 valence electrons. The third kappa shape index (κ3) is 8.21. The molecule has 0 atom stereocenters. The van der Waals surface area contributed by atoms with Gasteiger partial charge in [0.25, 0.3) is 0 Å². The Kier molecular flexibility index (Phi) is 9.87. The lowest BCUT2D eigenvalue weighted by atomic mass is 10.2. The highest BCUT2D eigenvalue weighted by Crippen LogP contribution is 2.31. The Bertz CT molecular complexity index is 814. The van der Waals surface area contributed by atoms with Crippen molar-refractivity contribution in [3.8, 4) is 5.75 Å². The summed E-state index contributed by atoms with van der Waals surface area (Å²) in [7, 11) is 0. The van der Waals surface area contributed by atoms with Crippen LogP contribution in [0.3, 0.4) is 0 Å². The van der Waals surface area contributed by atoms with Crippen LogP contribution in [-0.4, -0.2) is 18.5 Å². The summed E-state index contributed by atoms with van der Waals surface area (Å²) in [5.41, 5.74) is 1.30. The predicted molar refractivity (Wildman–Crippen MR) is 103 cm³/mol. The van der Waals surface area contributed by atoms with Crippen molar-refractivity contribution in [2.45, 2.75) is 24.4 Å². The lowest BCUT2D eigenvalue weighted by Crippen LogP contribution is -2.05. The van der Waals surface area contributed by atoms with Crippen molar-refractivity contribution >= 4 is 29.5 Å². The van der Waals surface area contributed by atoms with E-state index in [0.717, 1.165) is 29.0 Å². The molecule has 0 amide bonds. The minimum absolute atomic E-state index is 0.239. The highest BCUT2D eigenvalue weighted by Gasteiger charge is 2.29. The van der Waals surface area contributed by atoms with E-state index in [4.69, 9.17) is 25.9 Å². The Balaban J connectivity index is 0.00000122. The maximum Gasteiger partial charge on any atom is 0.416 e. The molecule has 0 aromatic heterocycles. The second kappa shape index (κ2) is 11.6. The molecule has 0 aliphatic rings. The van der Waals surface area contributed by atoms with E-state index >= 15 is 0 Å². The fourth-order valence-electron chi connectivity index (χ4n) is 2.03. The van der Waals surface area contributed by atoms with Gasteiger partial charge in [-0.25, -0.2) is 0 Å². The number of alkyl halides is 3. The van der Waals surface area contributed by atoms with Gasteiger partial charge in [-0.3, -0.25) is 0 Å². The molecular formula is C20H18ClF3O3S. The van der Waals surface area contributed by atoms with E-state index in [0.29, 0.717) is 16.5 Å². The molecule has 3 nitrogen and oxygen atoms in total. The zero-order chi connectivity index (χ0) is 21.2. The predicted octanol–water partition coefficient (Wildman–Crippen LogP) is 6.07. The summed E-state index contributed by atoms with van der Waals surface area (Å²) in [5, 5.41) is 0.709. The summed E-state index contributed by atoms with van der Waals surface area (Å²) in [6.07, 6.45) is -3.16. The number of ether oxygens (including phenoxy) is 1. The zero-order valence-corrected chi connectivity index (χ0v) is 16.6. The number of hydrogen-bond acceptors (Lipinski definition) is 4. The molecule has 2 rings (SSSR count). The van der Waals surface area contributed by atoms with Crippen LogP contribution in [0.4, 0.5) is 13.2 Å². The largest absolute Gasteiger partial charge is 0.489 e. The molecule has 0 unspecified atom stereocenters. The number of aryl methyl sites for hydroxylation is 1. The second-order valence-electron chi connectivity index (χ2n) is 5.55. The fraction of sp³-hybridized carbons (Fsp3) is 0.250. The molecule has 0 heterocycles. The van der Waals surface area contributed by atoms with E-state index in [2.05, 4.69) is 13.5 Å². The molecule has 2 aromatic rings. The summed E-state index contributed by atoms with van der Waals surface area (Å²) in [6.45, 7) is 6.24. The van der Waals surface area contributed by atoms with Gasteiger partial charge in [0.1, 0.15) is 12.4 Å². The SMILES string of the molecule is C=C(COc1ccc(C(F)(F)F)cc1)CSc1ccc(CC)cc1Cl.O=C=O. The van der Waals surface area contributed by atoms with Crippen LogP contribution in [0.25, 0.3) is 0 Å². The van der Waals surface area contributed by atoms with Crippen LogP contribution in [-0.2, 0) is 22.2 Å². The first-order valence-electron chi connectivity index (χ1n) is 8.08. The Labute approximate surface area is 170 Å². The third-order valence-corrected chi connectivity index (χ3v) is 5.11. The smallest absolute Gasteiger partial charge is 0.416 e. The van der Waals surface area contributed by atoms with Crippen LogP contribution >= 0.6 is 23.4 Å². The van der Waals surface area contributed by atoms with E-state index in [1.807, 2.05) is 18.2 Å².